The summed E-state index contributed by atoms with van der Waals surface area (Å²) in [5, 5.41) is 4.17. The maximum absolute atomic E-state index is 13.6. The summed E-state index contributed by atoms with van der Waals surface area (Å²) >= 11 is 0. The molecule has 0 saturated carbocycles. The van der Waals surface area contributed by atoms with E-state index in [1.54, 1.807) is 34.6 Å². The minimum atomic E-state index is -3.62. The molecule has 26 heavy (non-hydrogen) atoms. The lowest BCUT2D eigenvalue weighted by Gasteiger charge is -2.35. The number of anilines is 1. The maximum Gasteiger partial charge on any atom is 0.256 e. The van der Waals surface area contributed by atoms with Crippen LogP contribution in [0.3, 0.4) is 0 Å². The zero-order valence-electron chi connectivity index (χ0n) is 14.6. The van der Waals surface area contributed by atoms with Gasteiger partial charge in [0.25, 0.3) is 5.91 Å². The number of fused-ring (bicyclic) bond motifs is 4. The second kappa shape index (κ2) is 5.52. The van der Waals surface area contributed by atoms with Crippen molar-refractivity contribution < 1.29 is 13.2 Å². The van der Waals surface area contributed by atoms with E-state index < -0.39 is 10.0 Å². The van der Waals surface area contributed by atoms with E-state index in [9.17, 15) is 13.2 Å². The number of nitrogens with one attached hydrogen (secondary N) is 1. The van der Waals surface area contributed by atoms with Crippen LogP contribution in [-0.2, 0) is 10.0 Å². The summed E-state index contributed by atoms with van der Waals surface area (Å²) in [7, 11) is -1.55. The summed E-state index contributed by atoms with van der Waals surface area (Å²) in [4.78, 5) is 14.7. The van der Waals surface area contributed by atoms with Crippen molar-refractivity contribution in [1.29, 1.82) is 0 Å². The number of piperidine rings is 1. The first kappa shape index (κ1) is 16.2. The second-order valence-electron chi connectivity index (χ2n) is 7.69. The van der Waals surface area contributed by atoms with Crippen molar-refractivity contribution in [3.8, 4) is 0 Å². The maximum atomic E-state index is 13.6. The number of sulfonamides is 1. The molecule has 1 N–H and O–H groups in total. The van der Waals surface area contributed by atoms with E-state index in [1.807, 2.05) is 0 Å². The number of carbonyl (C=O) groups is 1. The second-order valence-corrected chi connectivity index (χ2v) is 9.55. The third-order valence-corrected chi connectivity index (χ3v) is 7.90. The minimum Gasteiger partial charge on any atom is -0.321 e. The number of hydrogen-bond donors (Lipinski definition) is 1. The van der Waals surface area contributed by atoms with Gasteiger partial charge in [0.15, 0.2) is 0 Å². The zero-order valence-corrected chi connectivity index (χ0v) is 15.4. The van der Waals surface area contributed by atoms with Crippen molar-refractivity contribution in [3.63, 3.8) is 0 Å². The predicted octanol–water partition coefficient (Wildman–Crippen LogP) is 2.12. The Morgan fingerprint density at radius 3 is 2.77 bits per heavy atom. The molecule has 136 valence electrons. The molecule has 2 bridgehead atoms. The number of carbonyl (C=O) groups excluding carboxylic acids is 1. The molecule has 4 heterocycles. The molecule has 6 nitrogen and oxygen atoms in total. The van der Waals surface area contributed by atoms with Crippen LogP contribution in [0.15, 0.2) is 35.2 Å². The Labute approximate surface area is 152 Å². The highest BCUT2D eigenvalue weighted by Gasteiger charge is 2.41. The van der Waals surface area contributed by atoms with Gasteiger partial charge >= 0.3 is 0 Å². The Morgan fingerprint density at radius 2 is 1.92 bits per heavy atom. The molecule has 6 rings (SSSR count). The van der Waals surface area contributed by atoms with Crippen molar-refractivity contribution in [1.82, 2.24) is 9.21 Å². The van der Waals surface area contributed by atoms with Gasteiger partial charge in [-0.15, -0.1) is 0 Å². The van der Waals surface area contributed by atoms with Crippen LogP contribution in [0.4, 0.5) is 5.69 Å². The van der Waals surface area contributed by atoms with Crippen molar-refractivity contribution in [2.45, 2.75) is 23.8 Å². The number of nitrogens with zero attached hydrogens (tertiary/aromatic N) is 2. The van der Waals surface area contributed by atoms with Gasteiger partial charge < -0.3 is 10.2 Å². The molecule has 7 heteroatoms. The first-order chi connectivity index (χ1) is 12.4. The number of hydrogen-bond acceptors (Lipinski definition) is 4. The Balaban J connectivity index is 1.66. The standard InChI is InChI=1S/C19H21N3O3S/c1-21-9-12-5-6-13(11-21)22(10-12)26(24,25)17-8-7-16-18-14(17)3-2-4-15(18)19(23)20-16/h2-4,7-8,12-13H,5-6,9-11H2,1H3,(H,20,23)/t12-,13+/m0/s1. The van der Waals surface area contributed by atoms with Crippen LogP contribution in [0.2, 0.25) is 0 Å². The van der Waals surface area contributed by atoms with Crippen molar-refractivity contribution in [2.24, 2.45) is 5.92 Å². The van der Waals surface area contributed by atoms with Gasteiger partial charge in [0.05, 0.1) is 4.90 Å². The Morgan fingerprint density at radius 1 is 1.08 bits per heavy atom. The molecule has 1 amide bonds. The van der Waals surface area contributed by atoms with E-state index in [-0.39, 0.29) is 11.9 Å². The topological polar surface area (TPSA) is 69.7 Å². The monoisotopic (exact) mass is 371 g/mol. The van der Waals surface area contributed by atoms with Gasteiger partial charge in [0.2, 0.25) is 10.0 Å². The van der Waals surface area contributed by atoms with Crippen LogP contribution in [0, 0.1) is 5.92 Å². The van der Waals surface area contributed by atoms with Gasteiger partial charge in [-0.05, 0) is 44.0 Å². The number of likely N-dealkylation sites (N-methyl/N-ethyl adjacent to an activating group) is 1. The molecule has 0 radical (unpaired) electrons. The fraction of sp³-hybridized carbons (Fsp3) is 0.421. The van der Waals surface area contributed by atoms with Gasteiger partial charge in [-0.25, -0.2) is 8.42 Å². The number of rotatable bonds is 2. The Kier molecular flexibility index (Phi) is 3.44. The number of benzene rings is 2. The van der Waals surface area contributed by atoms with Gasteiger partial charge in [-0.3, -0.25) is 4.79 Å². The summed E-state index contributed by atoms with van der Waals surface area (Å²) < 4.78 is 28.9. The van der Waals surface area contributed by atoms with E-state index >= 15 is 0 Å². The molecule has 0 unspecified atom stereocenters. The van der Waals surface area contributed by atoms with Crippen LogP contribution >= 0.6 is 0 Å². The molecule has 2 aromatic rings. The molecule has 3 saturated heterocycles. The lowest BCUT2D eigenvalue weighted by molar-refractivity contribution is 0.103. The van der Waals surface area contributed by atoms with Crippen LogP contribution in [0.5, 0.6) is 0 Å². The summed E-state index contributed by atoms with van der Waals surface area (Å²) in [6.45, 7) is 2.30. The fourth-order valence-electron chi connectivity index (χ4n) is 4.78. The molecule has 3 fully saturated rings. The molecule has 2 aromatic carbocycles. The molecule has 2 atom stereocenters. The Hall–Kier alpha value is -1.96. The first-order valence-corrected chi connectivity index (χ1v) is 10.5. The van der Waals surface area contributed by atoms with Crippen molar-refractivity contribution in [2.75, 3.05) is 32.0 Å². The molecular weight excluding hydrogens is 350 g/mol. The van der Waals surface area contributed by atoms with E-state index in [2.05, 4.69) is 17.3 Å². The largest absolute Gasteiger partial charge is 0.321 e. The summed E-state index contributed by atoms with van der Waals surface area (Å²) in [6, 6.07) is 8.68. The molecule has 0 aromatic heterocycles. The van der Waals surface area contributed by atoms with Crippen LogP contribution < -0.4 is 5.32 Å². The summed E-state index contributed by atoms with van der Waals surface area (Å²) in [6.07, 6.45) is 2.00. The van der Waals surface area contributed by atoms with Crippen molar-refractivity contribution in [3.05, 3.63) is 35.9 Å². The normalized spacial score (nSPS) is 26.3. The predicted molar refractivity (Wildman–Crippen MR) is 99.8 cm³/mol. The average molecular weight is 371 g/mol. The van der Waals surface area contributed by atoms with E-state index in [0.717, 1.165) is 31.3 Å². The first-order valence-electron chi connectivity index (χ1n) is 9.02. The van der Waals surface area contributed by atoms with Crippen molar-refractivity contribution >= 4 is 32.4 Å². The van der Waals surface area contributed by atoms with Gasteiger partial charge in [0.1, 0.15) is 0 Å². The van der Waals surface area contributed by atoms with Gasteiger partial charge in [-0.2, -0.15) is 4.31 Å². The van der Waals surface area contributed by atoms with Crippen LogP contribution in [-0.4, -0.2) is 56.3 Å². The third kappa shape index (κ3) is 2.24. The SMILES string of the molecule is CN1C[C@@H]2CC[C@H](C1)N(S(=O)(=O)c1ccc3c4c(cccc14)C(=O)N3)C2. The molecule has 4 aliphatic heterocycles. The van der Waals surface area contributed by atoms with Crippen LogP contribution in [0.1, 0.15) is 23.2 Å². The lowest BCUT2D eigenvalue weighted by atomic mass is 9.97. The van der Waals surface area contributed by atoms with E-state index in [1.165, 1.54) is 0 Å². The van der Waals surface area contributed by atoms with Crippen LogP contribution in [0.25, 0.3) is 10.8 Å². The lowest BCUT2D eigenvalue weighted by Crippen LogP contribution is -2.47. The quantitative estimate of drug-likeness (QED) is 0.878. The van der Waals surface area contributed by atoms with E-state index in [4.69, 9.17) is 0 Å². The number of amides is 1. The molecular formula is C19H21N3O3S. The molecule has 0 spiro atoms. The van der Waals surface area contributed by atoms with Gasteiger partial charge in [0, 0.05) is 47.7 Å². The molecule has 4 aliphatic rings. The Bertz CT molecular complexity index is 1030. The highest BCUT2D eigenvalue weighted by molar-refractivity contribution is 7.89. The molecule has 0 aliphatic carbocycles. The highest BCUT2D eigenvalue weighted by Crippen LogP contribution is 2.39. The average Bonchev–Trinajstić information content (AvgIpc) is 2.75. The third-order valence-electron chi connectivity index (χ3n) is 5.93. The smallest absolute Gasteiger partial charge is 0.256 e. The fourth-order valence-corrected chi connectivity index (χ4v) is 6.69. The summed E-state index contributed by atoms with van der Waals surface area (Å²) in [5.41, 5.74) is 1.24. The zero-order chi connectivity index (χ0) is 18.1. The van der Waals surface area contributed by atoms with Gasteiger partial charge in [-0.1, -0.05) is 12.1 Å². The minimum absolute atomic E-state index is 0.0199. The summed E-state index contributed by atoms with van der Waals surface area (Å²) in [5.74, 6) is 0.212. The highest BCUT2D eigenvalue weighted by atomic mass is 32.2. The van der Waals surface area contributed by atoms with E-state index in [0.29, 0.717) is 34.0 Å².